The molecule has 6 rings (SSSR count). The van der Waals surface area contributed by atoms with E-state index in [4.69, 9.17) is 4.74 Å². The zero-order chi connectivity index (χ0) is 16.9. The molecule has 3 unspecified atom stereocenters. The Morgan fingerprint density at radius 3 is 2.68 bits per heavy atom. The van der Waals surface area contributed by atoms with Crippen molar-refractivity contribution in [3.05, 3.63) is 11.6 Å². The largest absolute Gasteiger partial charge is 0.374 e. The molecule has 136 valence electrons. The first-order chi connectivity index (χ1) is 12.1. The summed E-state index contributed by atoms with van der Waals surface area (Å²) in [4.78, 5) is 12.1. The summed E-state index contributed by atoms with van der Waals surface area (Å²) in [5.74, 6) is 3.79. The lowest BCUT2D eigenvalue weighted by Crippen LogP contribution is -2.53. The minimum absolute atomic E-state index is 0.220. The van der Waals surface area contributed by atoms with Crippen molar-refractivity contribution in [2.75, 3.05) is 6.61 Å². The number of carbonyl (C=O) groups excluding carboxylic acids is 1. The highest BCUT2D eigenvalue weighted by Gasteiger charge is 2.67. The topological polar surface area (TPSA) is 26.3 Å². The molecule has 2 heteroatoms. The molecular formula is C23H32O2. The first-order valence-electron chi connectivity index (χ1n) is 11.0. The maximum Gasteiger partial charge on any atom is 0.155 e. The number of allylic oxidation sites excluding steroid dienone is 1. The molecule has 0 aromatic rings. The second-order valence-corrected chi connectivity index (χ2v) is 10.6. The Labute approximate surface area is 151 Å². The van der Waals surface area contributed by atoms with Crippen LogP contribution >= 0.6 is 0 Å². The van der Waals surface area contributed by atoms with Crippen LogP contribution in [-0.4, -0.2) is 18.0 Å². The van der Waals surface area contributed by atoms with Gasteiger partial charge in [-0.1, -0.05) is 12.5 Å². The molecule has 6 atom stereocenters. The van der Waals surface area contributed by atoms with E-state index in [2.05, 4.69) is 13.0 Å². The van der Waals surface area contributed by atoms with Gasteiger partial charge in [-0.25, -0.2) is 0 Å². The molecule has 4 saturated carbocycles. The molecule has 2 nitrogen and oxygen atoms in total. The van der Waals surface area contributed by atoms with Crippen molar-refractivity contribution in [1.82, 2.24) is 0 Å². The standard InChI is InChI=1S/C23H32O2/c1-21-8-5-16-17-4-3-15(24)13-20(17)22(10-11-22)14-18(16)19(21)6-9-23(21)7-2-12-25-23/h13,16-19H,2-12,14H2,1H3/t16?,17-,18?,19?,21+,23+/m1/s1. The minimum atomic E-state index is 0.220. The predicted molar refractivity (Wildman–Crippen MR) is 97.1 cm³/mol. The highest BCUT2D eigenvalue weighted by molar-refractivity contribution is 5.91. The van der Waals surface area contributed by atoms with Gasteiger partial charge in [0.05, 0.1) is 5.60 Å². The summed E-state index contributed by atoms with van der Waals surface area (Å²) < 4.78 is 6.49. The number of hydrogen-bond donors (Lipinski definition) is 0. The van der Waals surface area contributed by atoms with Crippen molar-refractivity contribution in [2.24, 2.45) is 34.5 Å². The Morgan fingerprint density at radius 1 is 1.04 bits per heavy atom. The summed E-state index contributed by atoms with van der Waals surface area (Å²) >= 11 is 0. The van der Waals surface area contributed by atoms with Gasteiger partial charge in [0, 0.05) is 13.0 Å². The van der Waals surface area contributed by atoms with Gasteiger partial charge in [-0.3, -0.25) is 4.79 Å². The van der Waals surface area contributed by atoms with E-state index in [1.807, 2.05) is 0 Å². The summed E-state index contributed by atoms with van der Waals surface area (Å²) in [6.07, 6.45) is 16.2. The smallest absolute Gasteiger partial charge is 0.155 e. The molecule has 0 N–H and O–H groups in total. The molecule has 1 aliphatic heterocycles. The fraction of sp³-hybridized carbons (Fsp3) is 0.870. The lowest BCUT2D eigenvalue weighted by Gasteiger charge is -2.57. The number of hydrogen-bond acceptors (Lipinski definition) is 2. The fourth-order valence-electron chi connectivity index (χ4n) is 8.56. The molecule has 5 aliphatic carbocycles. The maximum absolute atomic E-state index is 12.1. The van der Waals surface area contributed by atoms with Crippen molar-refractivity contribution >= 4 is 5.78 Å². The van der Waals surface area contributed by atoms with Gasteiger partial charge in [0.25, 0.3) is 0 Å². The molecule has 0 aromatic heterocycles. The van der Waals surface area contributed by atoms with Crippen molar-refractivity contribution in [3.63, 3.8) is 0 Å². The Kier molecular flexibility index (Phi) is 2.96. The highest BCUT2D eigenvalue weighted by atomic mass is 16.5. The summed E-state index contributed by atoms with van der Waals surface area (Å²) in [6, 6.07) is 0. The van der Waals surface area contributed by atoms with Crippen molar-refractivity contribution in [3.8, 4) is 0 Å². The van der Waals surface area contributed by atoms with Crippen molar-refractivity contribution in [1.29, 1.82) is 0 Å². The van der Waals surface area contributed by atoms with Crippen molar-refractivity contribution < 1.29 is 9.53 Å². The van der Waals surface area contributed by atoms with Crippen LogP contribution in [0.4, 0.5) is 0 Å². The third kappa shape index (κ3) is 1.83. The van der Waals surface area contributed by atoms with Crippen LogP contribution in [0.5, 0.6) is 0 Å². The second-order valence-electron chi connectivity index (χ2n) is 10.6. The van der Waals surface area contributed by atoms with E-state index < -0.39 is 0 Å². The molecule has 0 radical (unpaired) electrons. The van der Waals surface area contributed by atoms with Crippen LogP contribution in [0.1, 0.15) is 77.6 Å². The fourth-order valence-corrected chi connectivity index (χ4v) is 8.56. The lowest BCUT2D eigenvalue weighted by atomic mass is 9.48. The van der Waals surface area contributed by atoms with Gasteiger partial charge in [-0.2, -0.15) is 0 Å². The van der Waals surface area contributed by atoms with Crippen LogP contribution in [0.3, 0.4) is 0 Å². The molecule has 2 spiro atoms. The van der Waals surface area contributed by atoms with E-state index in [1.54, 1.807) is 5.57 Å². The van der Waals surface area contributed by atoms with E-state index in [9.17, 15) is 4.79 Å². The maximum atomic E-state index is 12.1. The quantitative estimate of drug-likeness (QED) is 0.615. The Hall–Kier alpha value is -0.630. The normalized spacial score (nSPS) is 52.7. The third-order valence-electron chi connectivity index (χ3n) is 9.91. The molecule has 1 saturated heterocycles. The van der Waals surface area contributed by atoms with Gasteiger partial charge in [-0.15, -0.1) is 0 Å². The van der Waals surface area contributed by atoms with E-state index in [1.165, 1.54) is 57.8 Å². The average Bonchev–Trinajstić information content (AvgIpc) is 3.09. The number of ketones is 1. The average molecular weight is 341 g/mol. The van der Waals surface area contributed by atoms with E-state index >= 15 is 0 Å². The molecule has 25 heavy (non-hydrogen) atoms. The van der Waals surface area contributed by atoms with Crippen molar-refractivity contribution in [2.45, 2.75) is 83.2 Å². The zero-order valence-corrected chi connectivity index (χ0v) is 15.7. The Balaban J connectivity index is 1.38. The number of ether oxygens (including phenoxy) is 1. The Morgan fingerprint density at radius 2 is 1.92 bits per heavy atom. The van der Waals surface area contributed by atoms with E-state index in [0.717, 1.165) is 43.1 Å². The van der Waals surface area contributed by atoms with Crippen LogP contribution in [0.2, 0.25) is 0 Å². The lowest BCUT2D eigenvalue weighted by molar-refractivity contribution is -0.131. The summed E-state index contributed by atoms with van der Waals surface area (Å²) in [5.41, 5.74) is 2.70. The van der Waals surface area contributed by atoms with E-state index in [-0.39, 0.29) is 5.60 Å². The predicted octanol–water partition coefficient (Wildman–Crippen LogP) is 5.07. The van der Waals surface area contributed by atoms with Crippen LogP contribution in [-0.2, 0) is 9.53 Å². The molecule has 0 aromatic carbocycles. The molecular weight excluding hydrogens is 308 g/mol. The van der Waals surface area contributed by atoms with Gasteiger partial charge in [0.2, 0.25) is 0 Å². The highest BCUT2D eigenvalue weighted by Crippen LogP contribution is 2.73. The molecule has 0 bridgehead atoms. The third-order valence-corrected chi connectivity index (χ3v) is 9.91. The van der Waals surface area contributed by atoms with Crippen LogP contribution in [0, 0.1) is 34.5 Å². The molecule has 0 amide bonds. The van der Waals surface area contributed by atoms with Crippen LogP contribution < -0.4 is 0 Å². The van der Waals surface area contributed by atoms with E-state index in [0.29, 0.717) is 16.6 Å². The number of carbonyl (C=O) groups is 1. The molecule has 1 heterocycles. The monoisotopic (exact) mass is 340 g/mol. The van der Waals surface area contributed by atoms with Crippen LogP contribution in [0.25, 0.3) is 0 Å². The first kappa shape index (κ1) is 15.4. The first-order valence-corrected chi connectivity index (χ1v) is 11.0. The number of fused-ring (bicyclic) bond motifs is 7. The minimum Gasteiger partial charge on any atom is -0.374 e. The SMILES string of the molecule is C[C@]12CCC3C(CC4(CC4)C4=CC(=O)CC[C@@H]43)C1CC[C@@]21CCCO1. The summed E-state index contributed by atoms with van der Waals surface area (Å²) in [6.45, 7) is 3.60. The van der Waals surface area contributed by atoms with Gasteiger partial charge in [0.1, 0.15) is 0 Å². The van der Waals surface area contributed by atoms with Gasteiger partial charge in [0.15, 0.2) is 5.78 Å². The summed E-state index contributed by atoms with van der Waals surface area (Å²) in [5, 5.41) is 0. The molecule has 5 fully saturated rings. The summed E-state index contributed by atoms with van der Waals surface area (Å²) in [7, 11) is 0. The van der Waals surface area contributed by atoms with Crippen LogP contribution in [0.15, 0.2) is 11.6 Å². The second kappa shape index (κ2) is 4.80. The Bertz CT molecular complexity index is 651. The number of rotatable bonds is 0. The zero-order valence-electron chi connectivity index (χ0n) is 15.7. The van der Waals surface area contributed by atoms with Gasteiger partial charge in [-0.05, 0) is 105 Å². The molecule has 6 aliphatic rings. The van der Waals surface area contributed by atoms with Gasteiger partial charge < -0.3 is 4.74 Å². The van der Waals surface area contributed by atoms with Gasteiger partial charge >= 0.3 is 0 Å².